The van der Waals surface area contributed by atoms with Crippen LogP contribution in [0.2, 0.25) is 0 Å². The van der Waals surface area contributed by atoms with Crippen molar-refractivity contribution in [2.75, 3.05) is 36.6 Å². The standard InChI is InChI=1S/C27H28N2O5/c1-3-20-7-5-9-23(15-20)33-17-26(30)28-21-10-11-24-25(16-21)34-18-27(31)29(24)12-13-32-22-8-4-6-19(2)14-22/h4-11,14-16H,3,12-13,17-18H2,1-2H3,(H,28,30). The normalized spacial score (nSPS) is 12.5. The SMILES string of the molecule is CCc1cccc(OCC(=O)Nc2ccc3c(c2)OCC(=O)N3CCOc2cccc(C)c2)c1. The molecule has 0 atom stereocenters. The summed E-state index contributed by atoms with van der Waals surface area (Å²) in [6.07, 6.45) is 0.899. The summed E-state index contributed by atoms with van der Waals surface area (Å²) < 4.78 is 17.0. The van der Waals surface area contributed by atoms with Crippen LogP contribution in [0.25, 0.3) is 0 Å². The van der Waals surface area contributed by atoms with Crippen LogP contribution in [-0.2, 0) is 16.0 Å². The lowest BCUT2D eigenvalue weighted by Crippen LogP contribution is -2.41. The maximum atomic E-state index is 12.4. The first kappa shape index (κ1) is 23.2. The number of amides is 2. The van der Waals surface area contributed by atoms with Crippen molar-refractivity contribution >= 4 is 23.2 Å². The van der Waals surface area contributed by atoms with Crippen LogP contribution < -0.4 is 24.4 Å². The number of benzene rings is 3. The molecule has 34 heavy (non-hydrogen) atoms. The monoisotopic (exact) mass is 460 g/mol. The number of hydrogen-bond acceptors (Lipinski definition) is 5. The van der Waals surface area contributed by atoms with Crippen LogP contribution >= 0.6 is 0 Å². The van der Waals surface area contributed by atoms with E-state index < -0.39 is 0 Å². The van der Waals surface area contributed by atoms with Gasteiger partial charge in [0.15, 0.2) is 13.2 Å². The van der Waals surface area contributed by atoms with Gasteiger partial charge >= 0.3 is 0 Å². The van der Waals surface area contributed by atoms with Crippen molar-refractivity contribution < 1.29 is 23.8 Å². The summed E-state index contributed by atoms with van der Waals surface area (Å²) in [6.45, 7) is 4.64. The van der Waals surface area contributed by atoms with Gasteiger partial charge in [-0.15, -0.1) is 0 Å². The van der Waals surface area contributed by atoms with Gasteiger partial charge in [-0.1, -0.05) is 31.2 Å². The largest absolute Gasteiger partial charge is 0.492 e. The van der Waals surface area contributed by atoms with Gasteiger partial charge in [0.05, 0.1) is 12.2 Å². The molecular weight excluding hydrogens is 432 g/mol. The van der Waals surface area contributed by atoms with E-state index >= 15 is 0 Å². The third-order valence-corrected chi connectivity index (χ3v) is 5.44. The molecule has 1 N–H and O–H groups in total. The molecule has 0 unspecified atom stereocenters. The fraction of sp³-hybridized carbons (Fsp3) is 0.259. The lowest BCUT2D eigenvalue weighted by molar-refractivity contribution is -0.121. The predicted molar refractivity (Wildman–Crippen MR) is 131 cm³/mol. The molecule has 1 heterocycles. The molecule has 0 spiro atoms. The van der Waals surface area contributed by atoms with E-state index in [1.165, 1.54) is 0 Å². The Balaban J connectivity index is 1.34. The van der Waals surface area contributed by atoms with E-state index in [-0.39, 0.29) is 25.0 Å². The van der Waals surface area contributed by atoms with Crippen molar-refractivity contribution in [3.05, 3.63) is 77.9 Å². The molecule has 3 aromatic rings. The Labute approximate surface area is 199 Å². The molecule has 0 saturated heterocycles. The lowest BCUT2D eigenvalue weighted by atomic mass is 10.2. The van der Waals surface area contributed by atoms with Crippen LogP contribution in [0.5, 0.6) is 17.2 Å². The Morgan fingerprint density at radius 2 is 1.82 bits per heavy atom. The molecule has 3 aromatic carbocycles. The van der Waals surface area contributed by atoms with Crippen LogP contribution in [0.3, 0.4) is 0 Å². The number of nitrogens with zero attached hydrogens (tertiary/aromatic N) is 1. The zero-order valence-corrected chi connectivity index (χ0v) is 19.4. The summed E-state index contributed by atoms with van der Waals surface area (Å²) in [6, 6.07) is 20.7. The number of ether oxygens (including phenoxy) is 3. The fourth-order valence-electron chi connectivity index (χ4n) is 3.69. The van der Waals surface area contributed by atoms with Crippen molar-refractivity contribution in [1.82, 2.24) is 0 Å². The number of anilines is 2. The average molecular weight is 461 g/mol. The molecule has 0 radical (unpaired) electrons. The molecule has 176 valence electrons. The number of hydrogen-bond donors (Lipinski definition) is 1. The van der Waals surface area contributed by atoms with Crippen molar-refractivity contribution in [2.45, 2.75) is 20.3 Å². The van der Waals surface area contributed by atoms with E-state index in [4.69, 9.17) is 14.2 Å². The Morgan fingerprint density at radius 1 is 1.03 bits per heavy atom. The molecule has 2 amide bonds. The van der Waals surface area contributed by atoms with Crippen molar-refractivity contribution in [3.63, 3.8) is 0 Å². The first-order valence-electron chi connectivity index (χ1n) is 11.3. The van der Waals surface area contributed by atoms with E-state index in [9.17, 15) is 9.59 Å². The molecule has 0 saturated carbocycles. The lowest BCUT2D eigenvalue weighted by Gasteiger charge is -2.29. The Morgan fingerprint density at radius 3 is 2.62 bits per heavy atom. The van der Waals surface area contributed by atoms with Crippen LogP contribution in [0, 0.1) is 6.92 Å². The third kappa shape index (κ3) is 5.86. The highest BCUT2D eigenvalue weighted by atomic mass is 16.5. The second-order valence-corrected chi connectivity index (χ2v) is 8.02. The quantitative estimate of drug-likeness (QED) is 0.513. The van der Waals surface area contributed by atoms with Gasteiger partial charge in [-0.3, -0.25) is 9.59 Å². The van der Waals surface area contributed by atoms with Crippen molar-refractivity contribution in [2.24, 2.45) is 0 Å². The molecule has 0 aromatic heterocycles. The number of fused-ring (bicyclic) bond motifs is 1. The van der Waals surface area contributed by atoms with Gasteiger partial charge in [0, 0.05) is 11.8 Å². The van der Waals surface area contributed by atoms with Crippen LogP contribution in [0.4, 0.5) is 11.4 Å². The van der Waals surface area contributed by atoms with Gasteiger partial charge in [-0.05, 0) is 60.9 Å². The van der Waals surface area contributed by atoms with Crippen molar-refractivity contribution in [3.8, 4) is 17.2 Å². The summed E-state index contributed by atoms with van der Waals surface area (Å²) >= 11 is 0. The summed E-state index contributed by atoms with van der Waals surface area (Å²) in [4.78, 5) is 26.5. The van der Waals surface area contributed by atoms with E-state index in [2.05, 4.69) is 12.2 Å². The molecule has 1 aliphatic heterocycles. The summed E-state index contributed by atoms with van der Waals surface area (Å²) in [5.74, 6) is 1.54. The topological polar surface area (TPSA) is 77.1 Å². The first-order valence-corrected chi connectivity index (χ1v) is 11.3. The zero-order chi connectivity index (χ0) is 23.9. The summed E-state index contributed by atoms with van der Waals surface area (Å²) in [7, 11) is 0. The van der Waals surface area contributed by atoms with Crippen LogP contribution in [0.15, 0.2) is 66.7 Å². The minimum absolute atomic E-state index is 0.0638. The minimum Gasteiger partial charge on any atom is -0.492 e. The minimum atomic E-state index is -0.280. The Hall–Kier alpha value is -4.00. The number of rotatable bonds is 9. The molecule has 7 nitrogen and oxygen atoms in total. The van der Waals surface area contributed by atoms with Crippen LogP contribution in [0.1, 0.15) is 18.1 Å². The van der Waals surface area contributed by atoms with E-state index in [0.717, 1.165) is 23.3 Å². The van der Waals surface area contributed by atoms with E-state index in [0.29, 0.717) is 36.0 Å². The van der Waals surface area contributed by atoms with Crippen LogP contribution in [-0.4, -0.2) is 38.2 Å². The van der Waals surface area contributed by atoms with Crippen molar-refractivity contribution in [1.29, 1.82) is 0 Å². The maximum Gasteiger partial charge on any atom is 0.265 e. The number of nitrogens with one attached hydrogen (secondary N) is 1. The molecule has 0 bridgehead atoms. The van der Waals surface area contributed by atoms with Gasteiger partial charge in [-0.2, -0.15) is 0 Å². The average Bonchev–Trinajstić information content (AvgIpc) is 2.84. The molecule has 4 rings (SSSR count). The predicted octanol–water partition coefficient (Wildman–Crippen LogP) is 4.38. The van der Waals surface area contributed by atoms with Gasteiger partial charge in [0.1, 0.15) is 23.9 Å². The summed E-state index contributed by atoms with van der Waals surface area (Å²) in [5.41, 5.74) is 3.47. The van der Waals surface area contributed by atoms with Gasteiger partial charge in [-0.25, -0.2) is 0 Å². The third-order valence-electron chi connectivity index (χ3n) is 5.44. The zero-order valence-electron chi connectivity index (χ0n) is 19.4. The summed E-state index contributed by atoms with van der Waals surface area (Å²) in [5, 5.41) is 2.81. The Bertz CT molecular complexity index is 1180. The second-order valence-electron chi connectivity index (χ2n) is 8.02. The smallest absolute Gasteiger partial charge is 0.265 e. The Kier molecular flexibility index (Phi) is 7.32. The van der Waals surface area contributed by atoms with Gasteiger partial charge in [0.25, 0.3) is 11.8 Å². The fourth-order valence-corrected chi connectivity index (χ4v) is 3.69. The molecule has 1 aliphatic rings. The van der Waals surface area contributed by atoms with E-state index in [1.54, 1.807) is 23.1 Å². The molecular formula is C27H28N2O5. The number of carbonyl (C=O) groups excluding carboxylic acids is 2. The molecule has 7 heteroatoms. The number of aryl methyl sites for hydroxylation is 2. The van der Waals surface area contributed by atoms with Gasteiger partial charge < -0.3 is 24.4 Å². The van der Waals surface area contributed by atoms with E-state index in [1.807, 2.05) is 55.5 Å². The first-order chi connectivity index (χ1) is 16.5. The highest BCUT2D eigenvalue weighted by molar-refractivity contribution is 5.99. The van der Waals surface area contributed by atoms with Gasteiger partial charge in [0.2, 0.25) is 0 Å². The molecule has 0 fully saturated rings. The maximum absolute atomic E-state index is 12.4. The highest BCUT2D eigenvalue weighted by Crippen LogP contribution is 2.34. The molecule has 0 aliphatic carbocycles. The second kappa shape index (κ2) is 10.7. The number of carbonyl (C=O) groups is 2. The highest BCUT2D eigenvalue weighted by Gasteiger charge is 2.26.